The number of methoxy groups -OCH3 is 2. The molecule has 0 atom stereocenters. The largest absolute Gasteiger partial charge is 0.493 e. The molecule has 4 N–H and O–H groups in total. The zero-order valence-corrected chi connectivity index (χ0v) is 14.8. The summed E-state index contributed by atoms with van der Waals surface area (Å²) < 4.78 is 34.3. The van der Waals surface area contributed by atoms with Crippen molar-refractivity contribution < 1.29 is 22.8 Å². The number of ether oxygens (including phenoxy) is 2. The summed E-state index contributed by atoms with van der Waals surface area (Å²) >= 11 is 7.51. The van der Waals surface area contributed by atoms with Gasteiger partial charge in [-0.15, -0.1) is 0 Å². The van der Waals surface area contributed by atoms with E-state index in [0.29, 0.717) is 18.1 Å². The Kier molecular flexibility index (Phi) is 10.1. The first kappa shape index (κ1) is 20.9. The first-order chi connectivity index (χ1) is 10.2. The average molecular weight is 369 g/mol. The molecule has 1 rings (SSSR count). The van der Waals surface area contributed by atoms with Gasteiger partial charge in [0.25, 0.3) is 9.05 Å². The summed E-state index contributed by atoms with van der Waals surface area (Å²) in [5.41, 5.74) is 6.71. The van der Waals surface area contributed by atoms with E-state index in [-0.39, 0.29) is 0 Å². The number of amidine groups is 1. The third-order valence-corrected chi connectivity index (χ3v) is 2.65. The number of aliphatic imine (C=N–C) groups is 1. The minimum absolute atomic E-state index is 0.492. The van der Waals surface area contributed by atoms with Crippen LogP contribution in [0.4, 0.5) is 0 Å². The minimum Gasteiger partial charge on any atom is -0.493 e. The summed E-state index contributed by atoms with van der Waals surface area (Å²) in [6.07, 6.45) is 0.814. The van der Waals surface area contributed by atoms with E-state index in [1.807, 2.05) is 18.2 Å². The molecule has 0 fully saturated rings. The van der Waals surface area contributed by atoms with Crippen LogP contribution in [0.25, 0.3) is 0 Å². The fourth-order valence-electron chi connectivity index (χ4n) is 1.41. The summed E-state index contributed by atoms with van der Waals surface area (Å²) in [7, 11) is -0.589. The molecule has 0 bridgehead atoms. The molecule has 0 aromatic heterocycles. The maximum Gasteiger partial charge on any atom is 0.263 e. The normalized spacial score (nSPS) is 11.4. The van der Waals surface area contributed by atoms with Crippen molar-refractivity contribution >= 4 is 38.7 Å². The molecule has 0 aliphatic heterocycles. The summed E-state index contributed by atoms with van der Waals surface area (Å²) in [5.74, 6) is 2.52. The van der Waals surface area contributed by atoms with Crippen molar-refractivity contribution in [1.29, 1.82) is 0 Å². The molecule has 0 radical (unpaired) electrons. The van der Waals surface area contributed by atoms with Crippen LogP contribution in [-0.4, -0.2) is 45.7 Å². The Morgan fingerprint density at radius 1 is 1.36 bits per heavy atom. The lowest BCUT2D eigenvalue weighted by Gasteiger charge is -2.08. The molecule has 126 valence electrons. The predicted octanol–water partition coefficient (Wildman–Crippen LogP) is 1.21. The van der Waals surface area contributed by atoms with Crippen LogP contribution in [0.5, 0.6) is 11.5 Å². The average Bonchev–Trinajstić information content (AvgIpc) is 2.45. The number of hydrogen-bond donors (Lipinski definition) is 4. The molecule has 0 amide bonds. The van der Waals surface area contributed by atoms with Gasteiger partial charge in [-0.1, -0.05) is 6.07 Å². The summed E-state index contributed by atoms with van der Waals surface area (Å²) in [6, 6.07) is 5.83. The van der Waals surface area contributed by atoms with Crippen LogP contribution >= 0.6 is 12.6 Å². The van der Waals surface area contributed by atoms with Crippen LogP contribution < -0.4 is 15.2 Å². The van der Waals surface area contributed by atoms with Gasteiger partial charge < -0.3 is 15.2 Å². The third kappa shape index (κ3) is 10.6. The van der Waals surface area contributed by atoms with Crippen LogP contribution in [0.1, 0.15) is 5.56 Å². The van der Waals surface area contributed by atoms with Crippen molar-refractivity contribution in [3.63, 3.8) is 0 Å². The summed E-state index contributed by atoms with van der Waals surface area (Å²) in [6.45, 7) is 0.655. The van der Waals surface area contributed by atoms with Gasteiger partial charge in [-0.3, -0.25) is 14.1 Å². The topological polar surface area (TPSA) is 114 Å². The Bertz CT molecular complexity index is 582. The first-order valence-electron chi connectivity index (χ1n) is 6.01. The second-order valence-electron chi connectivity index (χ2n) is 3.92. The zero-order chi connectivity index (χ0) is 17.2. The molecule has 0 aliphatic carbocycles. The molecule has 0 aliphatic rings. The number of nitrogens with two attached hydrogens (primary N) is 1. The summed E-state index contributed by atoms with van der Waals surface area (Å²) in [4.78, 5) is 4.18. The van der Waals surface area contributed by atoms with Crippen LogP contribution in [0.15, 0.2) is 23.2 Å². The van der Waals surface area contributed by atoms with Crippen molar-refractivity contribution in [2.45, 2.75) is 6.42 Å². The smallest absolute Gasteiger partial charge is 0.263 e. The minimum atomic E-state index is -3.83. The molecule has 22 heavy (non-hydrogen) atoms. The number of nitrogens with zero attached hydrogens (tertiary/aromatic N) is 1. The Balaban J connectivity index is 0.000000763. The maximum atomic E-state index is 9.11. The highest BCUT2D eigenvalue weighted by atomic mass is 32.9. The lowest BCUT2D eigenvalue weighted by atomic mass is 10.1. The maximum absolute atomic E-state index is 9.11. The monoisotopic (exact) mass is 368 g/mol. The molecule has 1 aromatic rings. The van der Waals surface area contributed by atoms with Crippen molar-refractivity contribution in [3.05, 3.63) is 23.8 Å². The van der Waals surface area contributed by atoms with Gasteiger partial charge in [0.2, 0.25) is 0 Å². The Hall–Kier alpha value is -1.07. The quantitative estimate of drug-likeness (QED) is 0.339. The Labute approximate surface area is 140 Å². The number of thiol groups is 1. The van der Waals surface area contributed by atoms with Gasteiger partial charge in [0, 0.05) is 23.5 Å². The van der Waals surface area contributed by atoms with Crippen molar-refractivity contribution in [2.24, 2.45) is 10.7 Å². The number of benzene rings is 1. The van der Waals surface area contributed by atoms with Crippen LogP contribution in [0.2, 0.25) is 0 Å². The van der Waals surface area contributed by atoms with Crippen LogP contribution in [0, 0.1) is 0 Å². The van der Waals surface area contributed by atoms with Gasteiger partial charge >= 0.3 is 0 Å². The standard InChI is InChI=1S/C12H18N2O2S.H2O3S2/c1-15-10-4-3-9(7-11(10)16-2)5-6-14-12(13)8-17;1-5(2,3)4/h3-4,7,17H,5-6,8H2,1-2H3,(H2,13,14);(H2,1,2,3,4). The molecule has 0 heterocycles. The lowest BCUT2D eigenvalue weighted by Crippen LogP contribution is -2.14. The van der Waals surface area contributed by atoms with E-state index >= 15 is 0 Å². The van der Waals surface area contributed by atoms with Gasteiger partial charge in [-0.2, -0.15) is 16.8 Å². The van der Waals surface area contributed by atoms with E-state index in [1.54, 1.807) is 14.2 Å². The highest BCUT2D eigenvalue weighted by Gasteiger charge is 2.03. The van der Waals surface area contributed by atoms with E-state index in [4.69, 9.17) is 28.5 Å². The van der Waals surface area contributed by atoms with E-state index < -0.39 is 9.05 Å². The van der Waals surface area contributed by atoms with E-state index in [2.05, 4.69) is 28.8 Å². The first-order valence-corrected chi connectivity index (χ1v) is 9.04. The second-order valence-corrected chi connectivity index (χ2v) is 6.43. The molecular formula is C12H20N2O5S3. The molecule has 0 saturated carbocycles. The fourth-order valence-corrected chi connectivity index (χ4v) is 1.51. The highest BCUT2D eigenvalue weighted by molar-refractivity contribution is 8.26. The third-order valence-electron chi connectivity index (χ3n) is 2.33. The van der Waals surface area contributed by atoms with Gasteiger partial charge in [0.15, 0.2) is 11.5 Å². The molecule has 10 heteroatoms. The van der Waals surface area contributed by atoms with Gasteiger partial charge in [0.1, 0.15) is 5.84 Å². The van der Waals surface area contributed by atoms with Crippen molar-refractivity contribution in [2.75, 3.05) is 26.5 Å². The molecule has 0 unspecified atom stereocenters. The van der Waals surface area contributed by atoms with Gasteiger partial charge in [-0.25, -0.2) is 0 Å². The second kappa shape index (κ2) is 10.6. The van der Waals surface area contributed by atoms with E-state index in [9.17, 15) is 0 Å². The Morgan fingerprint density at radius 3 is 2.36 bits per heavy atom. The van der Waals surface area contributed by atoms with Gasteiger partial charge in [-0.05, 0) is 24.1 Å². The molecule has 0 spiro atoms. The summed E-state index contributed by atoms with van der Waals surface area (Å²) in [5, 5.41) is 0. The van der Waals surface area contributed by atoms with Crippen LogP contribution in [-0.2, 0) is 26.7 Å². The van der Waals surface area contributed by atoms with Crippen molar-refractivity contribution in [3.8, 4) is 11.5 Å². The Morgan fingerprint density at radius 2 is 1.91 bits per heavy atom. The van der Waals surface area contributed by atoms with E-state index in [1.165, 1.54) is 0 Å². The fraction of sp³-hybridized carbons (Fsp3) is 0.417. The van der Waals surface area contributed by atoms with Gasteiger partial charge in [0.05, 0.1) is 14.2 Å². The molecule has 1 aromatic carbocycles. The molecule has 0 saturated heterocycles. The number of rotatable bonds is 6. The van der Waals surface area contributed by atoms with E-state index in [0.717, 1.165) is 23.5 Å². The SMILES string of the molecule is COc1ccc(CCN=C(N)CS)cc1OC.O=S(O)(O)=S. The zero-order valence-electron chi connectivity index (χ0n) is 12.3. The lowest BCUT2D eigenvalue weighted by molar-refractivity contribution is 0.354. The molecule has 7 nitrogen and oxygen atoms in total. The van der Waals surface area contributed by atoms with Crippen LogP contribution in [0.3, 0.4) is 0 Å². The van der Waals surface area contributed by atoms with Crippen molar-refractivity contribution in [1.82, 2.24) is 0 Å². The highest BCUT2D eigenvalue weighted by Crippen LogP contribution is 2.27. The predicted molar refractivity (Wildman–Crippen MR) is 94.4 cm³/mol. The molecular weight excluding hydrogens is 348 g/mol. The number of hydrogen-bond acceptors (Lipinski definition) is 6.